The number of aromatic amines is 1. The van der Waals surface area contributed by atoms with Crippen LogP contribution in [0.5, 0.6) is 0 Å². The Bertz CT molecular complexity index is 648. The van der Waals surface area contributed by atoms with Crippen molar-refractivity contribution >= 4 is 10.0 Å². The fraction of sp³-hybridized carbons (Fsp3) is 0.200. The number of hydrogen-bond acceptors (Lipinski definition) is 2. The lowest BCUT2D eigenvalue weighted by Crippen LogP contribution is -2.32. The number of hydrogen-bond donors (Lipinski definition) is 2. The van der Waals surface area contributed by atoms with Crippen LogP contribution in [0.4, 0.5) is 0 Å². The number of benzene rings is 1. The number of nitrogens with one attached hydrogen (secondary N) is 2. The molecule has 2 aromatic rings. The summed E-state index contributed by atoms with van der Waals surface area (Å²) in [4.78, 5) is 3.31. The van der Waals surface area contributed by atoms with E-state index in [1.54, 1.807) is 42.6 Å². The first-order valence-electron chi connectivity index (χ1n) is 6.38. The standard InChI is InChI=1S/C15H18N2O2S/c1-3-12(2)15(14-10-7-11-16-14)17-20(18,19)13-8-5-4-6-9-13/h3-12,15-17H,1H2,2H3. The minimum Gasteiger partial charge on any atom is -0.364 e. The van der Waals surface area contributed by atoms with Gasteiger partial charge in [0.2, 0.25) is 10.0 Å². The Kier molecular flexibility index (Phi) is 4.42. The Morgan fingerprint density at radius 3 is 2.45 bits per heavy atom. The van der Waals surface area contributed by atoms with Gasteiger partial charge in [-0.2, -0.15) is 0 Å². The van der Waals surface area contributed by atoms with Crippen molar-refractivity contribution in [3.8, 4) is 0 Å². The van der Waals surface area contributed by atoms with Gasteiger partial charge >= 0.3 is 0 Å². The molecule has 0 spiro atoms. The van der Waals surface area contributed by atoms with Gasteiger partial charge in [0.25, 0.3) is 0 Å². The molecule has 1 aromatic heterocycles. The van der Waals surface area contributed by atoms with E-state index in [0.717, 1.165) is 5.69 Å². The molecule has 5 heteroatoms. The molecular formula is C15H18N2O2S. The minimum atomic E-state index is -3.56. The van der Waals surface area contributed by atoms with Gasteiger partial charge in [-0.15, -0.1) is 6.58 Å². The first-order chi connectivity index (χ1) is 9.54. The molecule has 2 unspecified atom stereocenters. The van der Waals surface area contributed by atoms with Gasteiger partial charge in [0.05, 0.1) is 10.9 Å². The van der Waals surface area contributed by atoms with Crippen LogP contribution in [0.3, 0.4) is 0 Å². The highest BCUT2D eigenvalue weighted by Crippen LogP contribution is 2.24. The molecule has 0 aliphatic carbocycles. The third kappa shape index (κ3) is 3.18. The van der Waals surface area contributed by atoms with Crippen LogP contribution in [0, 0.1) is 5.92 Å². The molecule has 2 rings (SSSR count). The smallest absolute Gasteiger partial charge is 0.241 e. The van der Waals surface area contributed by atoms with E-state index in [1.807, 2.05) is 19.1 Å². The zero-order chi connectivity index (χ0) is 14.6. The summed E-state index contributed by atoms with van der Waals surface area (Å²) in [6, 6.07) is 11.7. The summed E-state index contributed by atoms with van der Waals surface area (Å²) in [5.74, 6) is -0.0351. The van der Waals surface area contributed by atoms with Crippen LogP contribution in [0.1, 0.15) is 18.7 Å². The summed E-state index contributed by atoms with van der Waals surface area (Å²) in [5.41, 5.74) is 0.817. The van der Waals surface area contributed by atoms with Crippen LogP contribution in [0.2, 0.25) is 0 Å². The maximum Gasteiger partial charge on any atom is 0.241 e. The molecule has 1 aromatic carbocycles. The lowest BCUT2D eigenvalue weighted by Gasteiger charge is -2.22. The highest BCUT2D eigenvalue weighted by molar-refractivity contribution is 7.89. The SMILES string of the molecule is C=CC(C)C(NS(=O)(=O)c1ccccc1)c1ccc[nH]1. The van der Waals surface area contributed by atoms with E-state index >= 15 is 0 Å². The van der Waals surface area contributed by atoms with Gasteiger partial charge in [0, 0.05) is 11.9 Å². The Labute approximate surface area is 119 Å². The van der Waals surface area contributed by atoms with Gasteiger partial charge in [0.1, 0.15) is 0 Å². The van der Waals surface area contributed by atoms with Gasteiger partial charge in [-0.1, -0.05) is 31.2 Å². The Morgan fingerprint density at radius 1 is 1.20 bits per heavy atom. The first-order valence-corrected chi connectivity index (χ1v) is 7.86. The van der Waals surface area contributed by atoms with E-state index < -0.39 is 10.0 Å². The van der Waals surface area contributed by atoms with Crippen molar-refractivity contribution in [2.24, 2.45) is 5.92 Å². The molecule has 0 aliphatic heterocycles. The second-order valence-electron chi connectivity index (χ2n) is 4.63. The Balaban J connectivity index is 2.31. The second kappa shape index (κ2) is 6.07. The van der Waals surface area contributed by atoms with E-state index in [4.69, 9.17) is 0 Å². The normalized spacial score (nSPS) is 14.7. The fourth-order valence-corrected chi connectivity index (χ4v) is 3.29. The number of sulfonamides is 1. The average Bonchev–Trinajstić information content (AvgIpc) is 2.99. The summed E-state index contributed by atoms with van der Waals surface area (Å²) in [7, 11) is -3.56. The summed E-state index contributed by atoms with van der Waals surface area (Å²) in [6.07, 6.45) is 3.51. The van der Waals surface area contributed by atoms with Crippen LogP contribution < -0.4 is 4.72 Å². The quantitative estimate of drug-likeness (QED) is 0.804. The van der Waals surface area contributed by atoms with E-state index in [-0.39, 0.29) is 16.9 Å². The van der Waals surface area contributed by atoms with Crippen molar-refractivity contribution in [2.45, 2.75) is 17.9 Å². The van der Waals surface area contributed by atoms with Crippen LogP contribution in [0.15, 0.2) is 66.2 Å². The lowest BCUT2D eigenvalue weighted by atomic mass is 10.0. The third-order valence-corrected chi connectivity index (χ3v) is 4.65. The minimum absolute atomic E-state index is 0.0351. The average molecular weight is 290 g/mol. The maximum absolute atomic E-state index is 12.4. The predicted octanol–water partition coefficient (Wildman–Crippen LogP) is 2.86. The van der Waals surface area contributed by atoms with Crippen molar-refractivity contribution in [2.75, 3.05) is 0 Å². The molecule has 2 atom stereocenters. The van der Waals surface area contributed by atoms with Crippen LogP contribution in [0.25, 0.3) is 0 Å². The number of rotatable bonds is 6. The van der Waals surface area contributed by atoms with Crippen LogP contribution in [-0.4, -0.2) is 13.4 Å². The Hall–Kier alpha value is -1.85. The molecule has 0 fully saturated rings. The van der Waals surface area contributed by atoms with Crippen molar-refractivity contribution in [3.05, 3.63) is 67.0 Å². The van der Waals surface area contributed by atoms with Crippen LogP contribution in [-0.2, 0) is 10.0 Å². The summed E-state index contributed by atoms with van der Waals surface area (Å²) >= 11 is 0. The molecule has 0 aliphatic rings. The fourth-order valence-electron chi connectivity index (χ4n) is 1.96. The molecular weight excluding hydrogens is 272 g/mol. The zero-order valence-electron chi connectivity index (χ0n) is 11.3. The third-order valence-electron chi connectivity index (χ3n) is 3.19. The van der Waals surface area contributed by atoms with E-state index in [2.05, 4.69) is 16.3 Å². The van der Waals surface area contributed by atoms with Gasteiger partial charge in [-0.05, 0) is 30.2 Å². The highest BCUT2D eigenvalue weighted by Gasteiger charge is 2.25. The van der Waals surface area contributed by atoms with E-state index in [1.165, 1.54) is 0 Å². The molecule has 0 saturated carbocycles. The first kappa shape index (κ1) is 14.6. The van der Waals surface area contributed by atoms with Crippen molar-refractivity contribution in [1.29, 1.82) is 0 Å². The largest absolute Gasteiger partial charge is 0.364 e. The monoisotopic (exact) mass is 290 g/mol. The zero-order valence-corrected chi connectivity index (χ0v) is 12.1. The predicted molar refractivity (Wildman–Crippen MR) is 79.7 cm³/mol. The van der Waals surface area contributed by atoms with Crippen molar-refractivity contribution in [3.63, 3.8) is 0 Å². The molecule has 106 valence electrons. The second-order valence-corrected chi connectivity index (χ2v) is 6.35. The van der Waals surface area contributed by atoms with E-state index in [9.17, 15) is 8.42 Å². The van der Waals surface area contributed by atoms with Crippen LogP contribution >= 0.6 is 0 Å². The summed E-state index contributed by atoms with van der Waals surface area (Å²) in [5, 5.41) is 0. The van der Waals surface area contributed by atoms with E-state index in [0.29, 0.717) is 0 Å². The number of H-pyrrole nitrogens is 1. The number of aromatic nitrogens is 1. The molecule has 0 radical (unpaired) electrons. The molecule has 20 heavy (non-hydrogen) atoms. The maximum atomic E-state index is 12.4. The molecule has 0 saturated heterocycles. The Morgan fingerprint density at radius 2 is 1.90 bits per heavy atom. The topological polar surface area (TPSA) is 62.0 Å². The van der Waals surface area contributed by atoms with Crippen molar-refractivity contribution < 1.29 is 8.42 Å². The van der Waals surface area contributed by atoms with Gasteiger partial charge in [0.15, 0.2) is 0 Å². The van der Waals surface area contributed by atoms with Gasteiger partial charge in [-0.25, -0.2) is 13.1 Å². The van der Waals surface area contributed by atoms with Gasteiger partial charge < -0.3 is 4.98 Å². The summed E-state index contributed by atoms with van der Waals surface area (Å²) in [6.45, 7) is 5.67. The lowest BCUT2D eigenvalue weighted by molar-refractivity contribution is 0.490. The molecule has 0 bridgehead atoms. The molecule has 0 amide bonds. The summed E-state index contributed by atoms with van der Waals surface area (Å²) < 4.78 is 27.5. The molecule has 1 heterocycles. The highest BCUT2D eigenvalue weighted by atomic mass is 32.2. The molecule has 2 N–H and O–H groups in total. The van der Waals surface area contributed by atoms with Gasteiger partial charge in [-0.3, -0.25) is 0 Å². The van der Waals surface area contributed by atoms with Crippen molar-refractivity contribution in [1.82, 2.24) is 9.71 Å². The molecule has 4 nitrogen and oxygen atoms in total.